The molecule has 0 aromatic carbocycles. The second-order valence-electron chi connectivity index (χ2n) is 5.41. The average molecular weight is 333 g/mol. The van der Waals surface area contributed by atoms with Crippen LogP contribution in [0.3, 0.4) is 0 Å². The van der Waals surface area contributed by atoms with Crippen molar-refractivity contribution in [3.63, 3.8) is 0 Å². The molecule has 0 spiro atoms. The Kier molecular flexibility index (Phi) is 5.22. The van der Waals surface area contributed by atoms with E-state index in [1.54, 1.807) is 0 Å². The third-order valence-corrected chi connectivity index (χ3v) is 3.76. The SMILES string of the molecule is CCN(CC(F)(F)F)C(=O)C1CCCN(C(=O)c2cn[nH]n2)C1. The number of hydrogen-bond acceptors (Lipinski definition) is 4. The number of nitrogens with one attached hydrogen (secondary N) is 1. The van der Waals surface area contributed by atoms with Crippen LogP contribution in [0.25, 0.3) is 0 Å². The minimum absolute atomic E-state index is 0.0218. The van der Waals surface area contributed by atoms with Gasteiger partial charge in [-0.3, -0.25) is 9.59 Å². The molecule has 1 aliphatic rings. The average Bonchev–Trinajstić information content (AvgIpc) is 3.05. The predicted octanol–water partition coefficient (Wildman–Crippen LogP) is 1.07. The van der Waals surface area contributed by atoms with E-state index in [0.717, 1.165) is 4.90 Å². The molecule has 1 aromatic heterocycles. The Morgan fingerprint density at radius 2 is 2.22 bits per heavy atom. The summed E-state index contributed by atoms with van der Waals surface area (Å²) in [7, 11) is 0. The van der Waals surface area contributed by atoms with Crippen LogP contribution in [0.4, 0.5) is 13.2 Å². The lowest BCUT2D eigenvalue weighted by Crippen LogP contribution is -2.48. The molecule has 0 radical (unpaired) electrons. The number of carbonyl (C=O) groups is 2. The first-order chi connectivity index (χ1) is 10.8. The summed E-state index contributed by atoms with van der Waals surface area (Å²) < 4.78 is 37.6. The van der Waals surface area contributed by atoms with E-state index in [4.69, 9.17) is 0 Å². The van der Waals surface area contributed by atoms with E-state index in [9.17, 15) is 22.8 Å². The van der Waals surface area contributed by atoms with Crippen molar-refractivity contribution in [3.8, 4) is 0 Å². The third kappa shape index (κ3) is 4.42. The highest BCUT2D eigenvalue weighted by atomic mass is 19.4. The number of rotatable bonds is 4. The molecule has 0 bridgehead atoms. The quantitative estimate of drug-likeness (QED) is 0.893. The van der Waals surface area contributed by atoms with Crippen LogP contribution in [0.15, 0.2) is 6.20 Å². The molecule has 1 aromatic rings. The molecule has 1 saturated heterocycles. The van der Waals surface area contributed by atoms with E-state index in [1.165, 1.54) is 18.0 Å². The summed E-state index contributed by atoms with van der Waals surface area (Å²) in [5.74, 6) is -1.57. The van der Waals surface area contributed by atoms with Gasteiger partial charge in [-0.25, -0.2) is 0 Å². The van der Waals surface area contributed by atoms with E-state index >= 15 is 0 Å². The second kappa shape index (κ2) is 6.97. The number of likely N-dealkylation sites (tertiary alicyclic amines) is 1. The first kappa shape index (κ1) is 17.2. The molecule has 1 fully saturated rings. The van der Waals surface area contributed by atoms with Crippen molar-refractivity contribution >= 4 is 11.8 Å². The number of alkyl halides is 3. The van der Waals surface area contributed by atoms with Gasteiger partial charge in [0.2, 0.25) is 5.91 Å². The second-order valence-corrected chi connectivity index (χ2v) is 5.41. The Balaban J connectivity index is 2.02. The number of halogens is 3. The standard InChI is InChI=1S/C13H18F3N5O2/c1-2-20(8-13(14,15)16)11(22)9-4-3-5-21(7-9)12(23)10-6-17-19-18-10/h6,9H,2-5,7-8H2,1H3,(H,17,18,19). The number of nitrogens with zero attached hydrogens (tertiary/aromatic N) is 4. The van der Waals surface area contributed by atoms with E-state index in [-0.39, 0.29) is 24.7 Å². The van der Waals surface area contributed by atoms with Crippen LogP contribution in [0, 0.1) is 5.92 Å². The summed E-state index contributed by atoms with van der Waals surface area (Å²) in [6, 6.07) is 0. The zero-order valence-electron chi connectivity index (χ0n) is 12.6. The normalized spacial score (nSPS) is 18.8. The smallest absolute Gasteiger partial charge is 0.336 e. The van der Waals surface area contributed by atoms with Gasteiger partial charge in [0.05, 0.1) is 12.1 Å². The molecule has 0 aliphatic carbocycles. The Bertz CT molecular complexity index is 546. The third-order valence-electron chi connectivity index (χ3n) is 3.76. The molecule has 2 heterocycles. The molecule has 0 saturated carbocycles. The van der Waals surface area contributed by atoms with Gasteiger partial charge in [0.25, 0.3) is 5.91 Å². The van der Waals surface area contributed by atoms with Crippen LogP contribution in [-0.4, -0.2) is 69.4 Å². The Morgan fingerprint density at radius 3 is 2.78 bits per heavy atom. The Morgan fingerprint density at radius 1 is 1.48 bits per heavy atom. The van der Waals surface area contributed by atoms with Crippen molar-refractivity contribution in [2.24, 2.45) is 5.92 Å². The molecule has 2 amide bonds. The van der Waals surface area contributed by atoms with Crippen LogP contribution in [0.5, 0.6) is 0 Å². The molecule has 10 heteroatoms. The lowest BCUT2D eigenvalue weighted by atomic mass is 9.96. The van der Waals surface area contributed by atoms with Crippen molar-refractivity contribution in [2.75, 3.05) is 26.2 Å². The van der Waals surface area contributed by atoms with Crippen LogP contribution >= 0.6 is 0 Å². The topological polar surface area (TPSA) is 82.2 Å². The van der Waals surface area contributed by atoms with Crippen molar-refractivity contribution in [2.45, 2.75) is 25.9 Å². The maximum absolute atomic E-state index is 12.5. The number of amides is 2. The fourth-order valence-corrected chi connectivity index (χ4v) is 2.65. The number of carbonyl (C=O) groups excluding carboxylic acids is 2. The maximum atomic E-state index is 12.5. The lowest BCUT2D eigenvalue weighted by molar-refractivity contribution is -0.164. The van der Waals surface area contributed by atoms with E-state index in [2.05, 4.69) is 15.4 Å². The molecule has 7 nitrogen and oxygen atoms in total. The van der Waals surface area contributed by atoms with Gasteiger partial charge in [0.15, 0.2) is 5.69 Å². The first-order valence-electron chi connectivity index (χ1n) is 7.32. The highest BCUT2D eigenvalue weighted by Crippen LogP contribution is 2.23. The zero-order valence-corrected chi connectivity index (χ0v) is 12.6. The highest BCUT2D eigenvalue weighted by molar-refractivity contribution is 5.92. The van der Waals surface area contributed by atoms with Gasteiger partial charge in [-0.1, -0.05) is 0 Å². The molecule has 23 heavy (non-hydrogen) atoms. The number of H-pyrrole nitrogens is 1. The van der Waals surface area contributed by atoms with Crippen molar-refractivity contribution in [1.82, 2.24) is 25.2 Å². The van der Waals surface area contributed by atoms with Gasteiger partial charge in [-0.2, -0.15) is 28.6 Å². The first-order valence-corrected chi connectivity index (χ1v) is 7.32. The van der Waals surface area contributed by atoms with Crippen LogP contribution in [-0.2, 0) is 4.79 Å². The Labute approximate surface area is 130 Å². The summed E-state index contributed by atoms with van der Waals surface area (Å²) in [6.07, 6.45) is -2.13. The Hall–Kier alpha value is -2.13. The van der Waals surface area contributed by atoms with Crippen molar-refractivity contribution in [1.29, 1.82) is 0 Å². The minimum atomic E-state index is -4.43. The summed E-state index contributed by atoms with van der Waals surface area (Å²) in [6.45, 7) is 0.757. The van der Waals surface area contributed by atoms with Gasteiger partial charge < -0.3 is 9.80 Å². The molecule has 2 rings (SSSR count). The summed E-state index contributed by atoms with van der Waals surface area (Å²) in [5, 5.41) is 9.57. The molecule has 1 unspecified atom stereocenters. The maximum Gasteiger partial charge on any atom is 0.406 e. The minimum Gasteiger partial charge on any atom is -0.336 e. The van der Waals surface area contributed by atoms with Gasteiger partial charge >= 0.3 is 6.18 Å². The predicted molar refractivity (Wildman–Crippen MR) is 73.3 cm³/mol. The van der Waals surface area contributed by atoms with Gasteiger partial charge in [0, 0.05) is 19.6 Å². The lowest BCUT2D eigenvalue weighted by Gasteiger charge is -2.34. The zero-order chi connectivity index (χ0) is 17.0. The number of hydrogen-bond donors (Lipinski definition) is 1. The van der Waals surface area contributed by atoms with Crippen LogP contribution in [0.2, 0.25) is 0 Å². The molecule has 128 valence electrons. The molecular weight excluding hydrogens is 315 g/mol. The molecular formula is C13H18F3N5O2. The fourth-order valence-electron chi connectivity index (χ4n) is 2.65. The molecule has 1 N–H and O–H groups in total. The van der Waals surface area contributed by atoms with Gasteiger partial charge in [-0.15, -0.1) is 0 Å². The van der Waals surface area contributed by atoms with Crippen LogP contribution in [0.1, 0.15) is 30.3 Å². The molecule has 1 atom stereocenters. The van der Waals surface area contributed by atoms with E-state index in [0.29, 0.717) is 19.4 Å². The highest BCUT2D eigenvalue weighted by Gasteiger charge is 2.37. The van der Waals surface area contributed by atoms with Crippen LogP contribution < -0.4 is 0 Å². The van der Waals surface area contributed by atoms with Crippen molar-refractivity contribution in [3.05, 3.63) is 11.9 Å². The fraction of sp³-hybridized carbons (Fsp3) is 0.692. The molecule has 1 aliphatic heterocycles. The summed E-state index contributed by atoms with van der Waals surface area (Å²) >= 11 is 0. The number of piperidine rings is 1. The summed E-state index contributed by atoms with van der Waals surface area (Å²) in [4.78, 5) is 26.7. The number of aromatic nitrogens is 3. The van der Waals surface area contributed by atoms with E-state index in [1.807, 2.05) is 0 Å². The summed E-state index contributed by atoms with van der Waals surface area (Å²) in [5.41, 5.74) is 0.126. The monoisotopic (exact) mass is 333 g/mol. The number of aromatic amines is 1. The van der Waals surface area contributed by atoms with E-state index < -0.39 is 24.5 Å². The van der Waals surface area contributed by atoms with Gasteiger partial charge in [0.1, 0.15) is 6.54 Å². The van der Waals surface area contributed by atoms with Gasteiger partial charge in [-0.05, 0) is 19.8 Å². The largest absolute Gasteiger partial charge is 0.406 e. The van der Waals surface area contributed by atoms with Crippen molar-refractivity contribution < 1.29 is 22.8 Å².